The van der Waals surface area contributed by atoms with Crippen LogP contribution >= 0.6 is 0 Å². The molecule has 2 aromatic heterocycles. The molecular weight excluding hydrogens is 350 g/mol. The van der Waals surface area contributed by atoms with Gasteiger partial charge in [-0.2, -0.15) is 5.10 Å². The van der Waals surface area contributed by atoms with Gasteiger partial charge in [-0.25, -0.2) is 9.97 Å². The summed E-state index contributed by atoms with van der Waals surface area (Å²) in [6.07, 6.45) is 6.94. The summed E-state index contributed by atoms with van der Waals surface area (Å²) in [5, 5.41) is 10.9. The Morgan fingerprint density at radius 1 is 0.786 bits per heavy atom. The highest BCUT2D eigenvalue weighted by atomic mass is 15.4. The molecular formula is C21H19N7. The SMILES string of the molecule is c1ccc2cc(-c3cnnc(N4CCN(c5cnccn5)CC4)n3)ccc2c1. The van der Waals surface area contributed by atoms with Gasteiger partial charge in [-0.05, 0) is 16.8 Å². The van der Waals surface area contributed by atoms with Crippen LogP contribution in [0.25, 0.3) is 22.0 Å². The van der Waals surface area contributed by atoms with Gasteiger partial charge >= 0.3 is 0 Å². The van der Waals surface area contributed by atoms with Crippen LogP contribution in [0.5, 0.6) is 0 Å². The first-order chi connectivity index (χ1) is 13.9. The Balaban J connectivity index is 1.36. The van der Waals surface area contributed by atoms with Gasteiger partial charge in [0.1, 0.15) is 5.82 Å². The first-order valence-electron chi connectivity index (χ1n) is 9.32. The number of rotatable bonds is 3. The van der Waals surface area contributed by atoms with Gasteiger partial charge in [0.05, 0.1) is 18.1 Å². The quantitative estimate of drug-likeness (QED) is 0.550. The monoisotopic (exact) mass is 369 g/mol. The minimum Gasteiger partial charge on any atom is -0.352 e. The lowest BCUT2D eigenvalue weighted by Crippen LogP contribution is -2.47. The summed E-state index contributed by atoms with van der Waals surface area (Å²) in [7, 11) is 0. The van der Waals surface area contributed by atoms with Crippen molar-refractivity contribution in [2.75, 3.05) is 36.0 Å². The molecule has 1 aliphatic heterocycles. The average Bonchev–Trinajstić information content (AvgIpc) is 2.79. The molecule has 0 N–H and O–H groups in total. The number of fused-ring (bicyclic) bond motifs is 1. The second-order valence-electron chi connectivity index (χ2n) is 6.74. The highest BCUT2D eigenvalue weighted by Crippen LogP contribution is 2.24. The van der Waals surface area contributed by atoms with E-state index in [4.69, 9.17) is 4.98 Å². The summed E-state index contributed by atoms with van der Waals surface area (Å²) in [4.78, 5) is 17.7. The number of anilines is 2. The van der Waals surface area contributed by atoms with Crippen molar-refractivity contribution in [2.45, 2.75) is 0 Å². The summed E-state index contributed by atoms with van der Waals surface area (Å²) in [5.74, 6) is 1.58. The number of hydrogen-bond donors (Lipinski definition) is 0. The van der Waals surface area contributed by atoms with E-state index in [-0.39, 0.29) is 0 Å². The standard InChI is InChI=1S/C21H19N7/c1-2-4-17-13-18(6-5-16(17)3-1)19-14-24-26-21(25-19)28-11-9-27(10-12-28)20-15-22-7-8-23-20/h1-8,13-15H,9-12H2. The molecule has 1 aliphatic rings. The van der Waals surface area contributed by atoms with Gasteiger partial charge in [-0.1, -0.05) is 36.4 Å². The van der Waals surface area contributed by atoms with Crippen molar-refractivity contribution in [2.24, 2.45) is 0 Å². The Hall–Kier alpha value is -3.61. The van der Waals surface area contributed by atoms with Crippen LogP contribution in [0.4, 0.5) is 11.8 Å². The largest absolute Gasteiger partial charge is 0.352 e. The molecule has 28 heavy (non-hydrogen) atoms. The van der Waals surface area contributed by atoms with E-state index in [9.17, 15) is 0 Å². The van der Waals surface area contributed by atoms with E-state index in [0.29, 0.717) is 5.95 Å². The van der Waals surface area contributed by atoms with Gasteiger partial charge < -0.3 is 9.80 Å². The van der Waals surface area contributed by atoms with Crippen LogP contribution in [0.2, 0.25) is 0 Å². The Morgan fingerprint density at radius 3 is 2.43 bits per heavy atom. The molecule has 5 rings (SSSR count). The van der Waals surface area contributed by atoms with Crippen LogP contribution in [0.15, 0.2) is 67.3 Å². The van der Waals surface area contributed by atoms with E-state index in [0.717, 1.165) is 43.3 Å². The zero-order valence-corrected chi connectivity index (χ0v) is 15.3. The summed E-state index contributed by atoms with van der Waals surface area (Å²) >= 11 is 0. The van der Waals surface area contributed by atoms with Crippen LogP contribution in [0.1, 0.15) is 0 Å². The van der Waals surface area contributed by atoms with Crippen LogP contribution in [-0.2, 0) is 0 Å². The van der Waals surface area contributed by atoms with Crippen molar-refractivity contribution in [3.63, 3.8) is 0 Å². The first kappa shape index (κ1) is 16.6. The molecule has 1 fully saturated rings. The van der Waals surface area contributed by atoms with Crippen LogP contribution < -0.4 is 9.80 Å². The van der Waals surface area contributed by atoms with Gasteiger partial charge in [0.2, 0.25) is 5.95 Å². The van der Waals surface area contributed by atoms with Crippen LogP contribution in [0.3, 0.4) is 0 Å². The summed E-state index contributed by atoms with van der Waals surface area (Å²) < 4.78 is 0. The number of piperazine rings is 1. The third-order valence-corrected chi connectivity index (χ3v) is 5.03. The maximum absolute atomic E-state index is 4.78. The van der Waals surface area contributed by atoms with Crippen molar-refractivity contribution in [1.29, 1.82) is 0 Å². The van der Waals surface area contributed by atoms with Gasteiger partial charge in [0, 0.05) is 44.1 Å². The molecule has 138 valence electrons. The fourth-order valence-corrected chi connectivity index (χ4v) is 3.51. The minimum atomic E-state index is 0.671. The van der Waals surface area contributed by atoms with E-state index < -0.39 is 0 Å². The van der Waals surface area contributed by atoms with Gasteiger partial charge in [0.25, 0.3) is 0 Å². The predicted molar refractivity (Wildman–Crippen MR) is 109 cm³/mol. The van der Waals surface area contributed by atoms with Crippen molar-refractivity contribution < 1.29 is 0 Å². The summed E-state index contributed by atoms with van der Waals surface area (Å²) in [5.41, 5.74) is 1.89. The van der Waals surface area contributed by atoms with Crippen molar-refractivity contribution in [1.82, 2.24) is 25.1 Å². The molecule has 1 saturated heterocycles. The average molecular weight is 369 g/mol. The lowest BCUT2D eigenvalue weighted by atomic mass is 10.1. The van der Waals surface area contributed by atoms with Gasteiger partial charge in [-0.15, -0.1) is 5.10 Å². The number of hydrogen-bond acceptors (Lipinski definition) is 7. The zero-order valence-electron chi connectivity index (χ0n) is 15.3. The Kier molecular flexibility index (Phi) is 4.25. The molecule has 0 atom stereocenters. The van der Waals surface area contributed by atoms with Crippen LogP contribution in [-0.4, -0.2) is 51.3 Å². The molecule has 0 aliphatic carbocycles. The molecule has 3 heterocycles. The maximum Gasteiger partial charge on any atom is 0.246 e. The molecule has 0 radical (unpaired) electrons. The lowest BCUT2D eigenvalue weighted by molar-refractivity contribution is 0.629. The summed E-state index contributed by atoms with van der Waals surface area (Å²) in [6, 6.07) is 14.7. The van der Waals surface area contributed by atoms with Crippen LogP contribution in [0, 0.1) is 0 Å². The van der Waals surface area contributed by atoms with E-state index in [1.165, 1.54) is 10.8 Å². The summed E-state index contributed by atoms with van der Waals surface area (Å²) in [6.45, 7) is 3.34. The molecule has 0 spiro atoms. The van der Waals surface area contributed by atoms with Crippen molar-refractivity contribution in [3.8, 4) is 11.3 Å². The third kappa shape index (κ3) is 3.22. The topological polar surface area (TPSA) is 70.9 Å². The lowest BCUT2D eigenvalue weighted by Gasteiger charge is -2.34. The van der Waals surface area contributed by atoms with E-state index in [1.807, 2.05) is 12.1 Å². The number of benzene rings is 2. The van der Waals surface area contributed by atoms with E-state index in [2.05, 4.69) is 60.3 Å². The molecule has 4 aromatic rings. The van der Waals surface area contributed by atoms with Gasteiger partial charge in [-0.3, -0.25) is 4.98 Å². The fraction of sp³-hybridized carbons (Fsp3) is 0.190. The van der Waals surface area contributed by atoms with E-state index in [1.54, 1.807) is 24.8 Å². The third-order valence-electron chi connectivity index (χ3n) is 5.03. The normalized spacial score (nSPS) is 14.4. The van der Waals surface area contributed by atoms with E-state index >= 15 is 0 Å². The number of aromatic nitrogens is 5. The smallest absolute Gasteiger partial charge is 0.246 e. The second-order valence-corrected chi connectivity index (χ2v) is 6.74. The number of nitrogens with zero attached hydrogens (tertiary/aromatic N) is 7. The molecule has 0 unspecified atom stereocenters. The predicted octanol–water partition coefficient (Wildman–Crippen LogP) is 2.81. The second kappa shape index (κ2) is 7.19. The highest BCUT2D eigenvalue weighted by Gasteiger charge is 2.20. The first-order valence-corrected chi connectivity index (χ1v) is 9.32. The molecule has 0 bridgehead atoms. The minimum absolute atomic E-state index is 0.671. The Morgan fingerprint density at radius 2 is 1.61 bits per heavy atom. The maximum atomic E-state index is 4.78. The van der Waals surface area contributed by atoms with Crippen molar-refractivity contribution in [3.05, 3.63) is 67.3 Å². The fourth-order valence-electron chi connectivity index (χ4n) is 3.51. The molecule has 2 aromatic carbocycles. The molecule has 7 heteroatoms. The molecule has 0 saturated carbocycles. The van der Waals surface area contributed by atoms with Gasteiger partial charge in [0.15, 0.2) is 0 Å². The molecule has 7 nitrogen and oxygen atoms in total. The Labute approximate surface area is 162 Å². The van der Waals surface area contributed by atoms with Crippen molar-refractivity contribution >= 4 is 22.5 Å². The zero-order chi connectivity index (χ0) is 18.8. The highest BCUT2D eigenvalue weighted by molar-refractivity contribution is 5.86. The molecule has 0 amide bonds. The Bertz CT molecular complexity index is 1090.